The minimum Gasteiger partial charge on any atom is -0.481 e. The zero-order chi connectivity index (χ0) is 20.6. The van der Waals surface area contributed by atoms with Crippen molar-refractivity contribution in [3.8, 4) is 5.75 Å². The molecule has 148 valence electrons. The summed E-state index contributed by atoms with van der Waals surface area (Å²) in [4.78, 5) is 24.3. The van der Waals surface area contributed by atoms with Gasteiger partial charge in [-0.1, -0.05) is 35.9 Å². The number of hydrogen-bond donors (Lipinski definition) is 3. The van der Waals surface area contributed by atoms with E-state index in [0.717, 1.165) is 0 Å². The van der Waals surface area contributed by atoms with Crippen LogP contribution in [0.4, 0.5) is 21.9 Å². The van der Waals surface area contributed by atoms with Crippen molar-refractivity contribution >= 4 is 40.6 Å². The fourth-order valence-electron chi connectivity index (χ4n) is 2.49. The lowest BCUT2D eigenvalue weighted by molar-refractivity contribution is -0.122. The van der Waals surface area contributed by atoms with Crippen molar-refractivity contribution in [2.45, 2.75) is 13.0 Å². The predicted molar refractivity (Wildman–Crippen MR) is 116 cm³/mol. The lowest BCUT2D eigenvalue weighted by atomic mass is 10.2. The highest BCUT2D eigenvalue weighted by atomic mass is 35.5. The molecule has 29 heavy (non-hydrogen) atoms. The summed E-state index contributed by atoms with van der Waals surface area (Å²) in [6.45, 7) is 1.65. The van der Waals surface area contributed by atoms with Crippen molar-refractivity contribution in [1.29, 1.82) is 0 Å². The standard InChI is InChI=1S/C22H20ClN3O3/c1-15(29-20-9-5-6-16(23)14-20)21(27)24-18-10-12-19(13-11-18)26-22(28)25-17-7-3-2-4-8-17/h2-15H,1H3,(H,24,27)(H2,25,26,28). The van der Waals surface area contributed by atoms with Gasteiger partial charge in [-0.15, -0.1) is 0 Å². The molecule has 0 radical (unpaired) electrons. The predicted octanol–water partition coefficient (Wildman–Crippen LogP) is 5.39. The van der Waals surface area contributed by atoms with E-state index in [1.54, 1.807) is 67.6 Å². The minimum atomic E-state index is -0.706. The van der Waals surface area contributed by atoms with Gasteiger partial charge >= 0.3 is 6.03 Å². The molecule has 0 heterocycles. The average Bonchev–Trinajstić information content (AvgIpc) is 2.70. The number of halogens is 1. The molecular weight excluding hydrogens is 390 g/mol. The zero-order valence-electron chi connectivity index (χ0n) is 15.7. The van der Waals surface area contributed by atoms with E-state index in [1.165, 1.54) is 0 Å². The van der Waals surface area contributed by atoms with Gasteiger partial charge in [0.2, 0.25) is 0 Å². The first kappa shape index (κ1) is 20.2. The maximum Gasteiger partial charge on any atom is 0.323 e. The highest BCUT2D eigenvalue weighted by Gasteiger charge is 2.15. The van der Waals surface area contributed by atoms with Gasteiger partial charge in [0.15, 0.2) is 6.10 Å². The summed E-state index contributed by atoms with van der Waals surface area (Å²) in [6, 6.07) is 22.4. The van der Waals surface area contributed by atoms with E-state index in [-0.39, 0.29) is 11.9 Å². The van der Waals surface area contributed by atoms with Gasteiger partial charge in [0.1, 0.15) is 5.75 Å². The minimum absolute atomic E-state index is 0.299. The molecule has 0 bridgehead atoms. The molecule has 3 N–H and O–H groups in total. The van der Waals surface area contributed by atoms with Gasteiger partial charge in [-0.05, 0) is 61.5 Å². The van der Waals surface area contributed by atoms with E-state index in [9.17, 15) is 9.59 Å². The number of anilines is 3. The van der Waals surface area contributed by atoms with Gasteiger partial charge in [-0.25, -0.2) is 4.79 Å². The van der Waals surface area contributed by atoms with Crippen molar-refractivity contribution < 1.29 is 14.3 Å². The number of benzene rings is 3. The molecule has 0 saturated carbocycles. The molecule has 3 rings (SSSR count). The number of rotatable bonds is 6. The molecule has 0 aliphatic carbocycles. The molecule has 3 aromatic rings. The molecule has 0 fully saturated rings. The summed E-state index contributed by atoms with van der Waals surface area (Å²) >= 11 is 5.92. The van der Waals surface area contributed by atoms with Crippen LogP contribution in [0.3, 0.4) is 0 Å². The van der Waals surface area contributed by atoms with Crippen LogP contribution in [0, 0.1) is 0 Å². The number of nitrogens with one attached hydrogen (secondary N) is 3. The number of urea groups is 1. The van der Waals surface area contributed by atoms with E-state index >= 15 is 0 Å². The Morgan fingerprint density at radius 3 is 2.00 bits per heavy atom. The molecule has 0 aromatic heterocycles. The Hall–Kier alpha value is -3.51. The number of amides is 3. The van der Waals surface area contributed by atoms with Gasteiger partial charge < -0.3 is 20.7 Å². The van der Waals surface area contributed by atoms with Crippen LogP contribution >= 0.6 is 11.6 Å². The first-order chi connectivity index (χ1) is 14.0. The van der Waals surface area contributed by atoms with Gasteiger partial charge in [-0.3, -0.25) is 4.79 Å². The van der Waals surface area contributed by atoms with Crippen molar-refractivity contribution in [3.05, 3.63) is 83.9 Å². The molecule has 1 atom stereocenters. The highest BCUT2D eigenvalue weighted by Crippen LogP contribution is 2.19. The molecule has 0 spiro atoms. The van der Waals surface area contributed by atoms with Crippen molar-refractivity contribution in [1.82, 2.24) is 0 Å². The molecular formula is C22H20ClN3O3. The molecule has 0 aliphatic heterocycles. The lowest BCUT2D eigenvalue weighted by Gasteiger charge is -2.15. The van der Waals surface area contributed by atoms with Crippen molar-refractivity contribution in [3.63, 3.8) is 0 Å². The third kappa shape index (κ3) is 6.26. The van der Waals surface area contributed by atoms with Crippen LogP contribution in [0.25, 0.3) is 0 Å². The summed E-state index contributed by atoms with van der Waals surface area (Å²) in [5.74, 6) is 0.219. The highest BCUT2D eigenvalue weighted by molar-refractivity contribution is 6.30. The Kier molecular flexibility index (Phi) is 6.71. The Labute approximate surface area is 173 Å². The van der Waals surface area contributed by atoms with Gasteiger partial charge in [0, 0.05) is 22.1 Å². The Balaban J connectivity index is 1.51. The van der Waals surface area contributed by atoms with Crippen molar-refractivity contribution in [2.24, 2.45) is 0 Å². The van der Waals surface area contributed by atoms with Crippen LogP contribution < -0.4 is 20.7 Å². The second-order valence-electron chi connectivity index (χ2n) is 6.23. The largest absolute Gasteiger partial charge is 0.481 e. The zero-order valence-corrected chi connectivity index (χ0v) is 16.4. The van der Waals surface area contributed by atoms with Crippen LogP contribution in [-0.2, 0) is 4.79 Å². The first-order valence-electron chi connectivity index (χ1n) is 8.96. The third-order valence-corrected chi connectivity index (χ3v) is 4.16. The summed E-state index contributed by atoms with van der Waals surface area (Å²) in [6.07, 6.45) is -0.706. The topological polar surface area (TPSA) is 79.5 Å². The van der Waals surface area contributed by atoms with E-state index in [2.05, 4.69) is 16.0 Å². The number of hydrogen-bond acceptors (Lipinski definition) is 3. The summed E-state index contributed by atoms with van der Waals surface area (Å²) in [5.41, 5.74) is 1.88. The van der Waals surface area contributed by atoms with Gasteiger partial charge in [0.25, 0.3) is 5.91 Å². The van der Waals surface area contributed by atoms with Gasteiger partial charge in [0.05, 0.1) is 0 Å². The summed E-state index contributed by atoms with van der Waals surface area (Å²) < 4.78 is 5.60. The maximum atomic E-state index is 12.3. The molecule has 7 heteroatoms. The first-order valence-corrected chi connectivity index (χ1v) is 9.33. The second kappa shape index (κ2) is 9.61. The number of para-hydroxylation sites is 1. The Morgan fingerprint density at radius 1 is 0.793 bits per heavy atom. The van der Waals surface area contributed by atoms with Crippen LogP contribution in [-0.4, -0.2) is 18.0 Å². The summed E-state index contributed by atoms with van der Waals surface area (Å²) in [5, 5.41) is 8.77. The van der Waals surface area contributed by atoms with E-state index in [0.29, 0.717) is 27.8 Å². The van der Waals surface area contributed by atoms with Crippen LogP contribution in [0.15, 0.2) is 78.9 Å². The summed E-state index contributed by atoms with van der Waals surface area (Å²) in [7, 11) is 0. The fraction of sp³-hybridized carbons (Fsp3) is 0.0909. The average molecular weight is 410 g/mol. The van der Waals surface area contributed by atoms with E-state index in [1.807, 2.05) is 18.2 Å². The van der Waals surface area contributed by atoms with Gasteiger partial charge in [-0.2, -0.15) is 0 Å². The van der Waals surface area contributed by atoms with Crippen LogP contribution in [0.5, 0.6) is 5.75 Å². The van der Waals surface area contributed by atoms with E-state index in [4.69, 9.17) is 16.3 Å². The quantitative estimate of drug-likeness (QED) is 0.510. The molecule has 6 nitrogen and oxygen atoms in total. The number of ether oxygens (including phenoxy) is 1. The SMILES string of the molecule is CC(Oc1cccc(Cl)c1)C(=O)Nc1ccc(NC(=O)Nc2ccccc2)cc1. The molecule has 1 unspecified atom stereocenters. The van der Waals surface area contributed by atoms with Crippen molar-refractivity contribution in [2.75, 3.05) is 16.0 Å². The fourth-order valence-corrected chi connectivity index (χ4v) is 2.67. The van der Waals surface area contributed by atoms with Crippen LogP contribution in [0.1, 0.15) is 6.92 Å². The normalized spacial score (nSPS) is 11.2. The molecule has 3 aromatic carbocycles. The number of carbonyl (C=O) groups is 2. The Bertz CT molecular complexity index is 978. The Morgan fingerprint density at radius 2 is 1.38 bits per heavy atom. The monoisotopic (exact) mass is 409 g/mol. The second-order valence-corrected chi connectivity index (χ2v) is 6.67. The number of carbonyl (C=O) groups excluding carboxylic acids is 2. The lowest BCUT2D eigenvalue weighted by Crippen LogP contribution is -2.30. The van der Waals surface area contributed by atoms with Crippen LogP contribution in [0.2, 0.25) is 5.02 Å². The maximum absolute atomic E-state index is 12.3. The smallest absolute Gasteiger partial charge is 0.323 e. The molecule has 3 amide bonds. The molecule has 0 saturated heterocycles. The molecule has 0 aliphatic rings. The van der Waals surface area contributed by atoms with E-state index < -0.39 is 6.10 Å². The third-order valence-electron chi connectivity index (χ3n) is 3.92.